The third-order valence-corrected chi connectivity index (χ3v) is 2.73. The van der Waals surface area contributed by atoms with Crippen LogP contribution in [0.15, 0.2) is 24.3 Å². The topological polar surface area (TPSA) is 26.3 Å². The van der Waals surface area contributed by atoms with E-state index in [4.69, 9.17) is 4.74 Å². The van der Waals surface area contributed by atoms with Gasteiger partial charge in [-0.3, -0.25) is 4.79 Å². The smallest absolute Gasteiger partial charge is 0.172 e. The van der Waals surface area contributed by atoms with Crippen molar-refractivity contribution in [3.63, 3.8) is 0 Å². The third kappa shape index (κ3) is 1.98. The number of ketones is 1. The molecule has 0 aliphatic heterocycles. The first-order valence-corrected chi connectivity index (χ1v) is 5.28. The first kappa shape index (κ1) is 10.9. The molecule has 2 nitrogen and oxygen atoms in total. The van der Waals surface area contributed by atoms with Crippen molar-refractivity contribution in [2.45, 2.75) is 19.3 Å². The Bertz CT molecular complexity index is 449. The van der Waals surface area contributed by atoms with E-state index in [9.17, 15) is 9.18 Å². The van der Waals surface area contributed by atoms with Crippen molar-refractivity contribution in [2.24, 2.45) is 0 Å². The van der Waals surface area contributed by atoms with Gasteiger partial charge in [-0.2, -0.15) is 0 Å². The maximum Gasteiger partial charge on any atom is 0.172 e. The number of allylic oxidation sites excluding steroid dienone is 2. The van der Waals surface area contributed by atoms with Crippen molar-refractivity contribution in [1.29, 1.82) is 0 Å². The molecule has 0 spiro atoms. The summed E-state index contributed by atoms with van der Waals surface area (Å²) < 4.78 is 18.8. The number of hydrogen-bond acceptors (Lipinski definition) is 2. The SMILES string of the molecule is COc1cccc(C2=CC(=O)CCC2)c1F. The molecule has 0 bridgehead atoms. The Morgan fingerprint density at radius 3 is 2.81 bits per heavy atom. The Balaban J connectivity index is 2.44. The van der Waals surface area contributed by atoms with Gasteiger partial charge in [0, 0.05) is 12.0 Å². The molecule has 0 saturated carbocycles. The average Bonchev–Trinajstić information content (AvgIpc) is 2.29. The average molecular weight is 220 g/mol. The number of methoxy groups -OCH3 is 1. The molecular formula is C13H13FO2. The maximum atomic E-state index is 13.9. The molecule has 1 aliphatic carbocycles. The van der Waals surface area contributed by atoms with Gasteiger partial charge in [0.05, 0.1) is 7.11 Å². The van der Waals surface area contributed by atoms with Crippen molar-refractivity contribution in [1.82, 2.24) is 0 Å². The van der Waals surface area contributed by atoms with Gasteiger partial charge >= 0.3 is 0 Å². The molecule has 0 heterocycles. The molecule has 0 amide bonds. The van der Waals surface area contributed by atoms with Gasteiger partial charge in [-0.1, -0.05) is 12.1 Å². The lowest BCUT2D eigenvalue weighted by molar-refractivity contribution is -0.114. The molecule has 0 fully saturated rings. The lowest BCUT2D eigenvalue weighted by Gasteiger charge is -2.14. The van der Waals surface area contributed by atoms with Crippen LogP contribution in [-0.4, -0.2) is 12.9 Å². The van der Waals surface area contributed by atoms with Gasteiger partial charge < -0.3 is 4.74 Å². The van der Waals surface area contributed by atoms with Gasteiger partial charge in [-0.25, -0.2) is 4.39 Å². The predicted octanol–water partition coefficient (Wildman–Crippen LogP) is 2.97. The zero-order valence-corrected chi connectivity index (χ0v) is 9.13. The molecule has 0 aromatic heterocycles. The van der Waals surface area contributed by atoms with Crippen LogP contribution < -0.4 is 4.74 Å². The summed E-state index contributed by atoms with van der Waals surface area (Å²) in [7, 11) is 1.43. The van der Waals surface area contributed by atoms with Crippen LogP contribution in [0.1, 0.15) is 24.8 Å². The minimum atomic E-state index is -0.383. The van der Waals surface area contributed by atoms with E-state index in [0.717, 1.165) is 18.4 Å². The van der Waals surface area contributed by atoms with Crippen LogP contribution in [0.25, 0.3) is 5.57 Å². The van der Waals surface area contributed by atoms with E-state index in [1.807, 2.05) is 0 Å². The van der Waals surface area contributed by atoms with E-state index in [-0.39, 0.29) is 17.3 Å². The molecule has 0 unspecified atom stereocenters. The number of halogens is 1. The van der Waals surface area contributed by atoms with Crippen LogP contribution in [0.5, 0.6) is 5.75 Å². The summed E-state index contributed by atoms with van der Waals surface area (Å²) in [4.78, 5) is 11.3. The molecule has 84 valence electrons. The van der Waals surface area contributed by atoms with Crippen LogP contribution in [0.3, 0.4) is 0 Å². The second-order valence-electron chi connectivity index (χ2n) is 3.81. The van der Waals surface area contributed by atoms with Crippen molar-refractivity contribution in [3.8, 4) is 5.75 Å². The highest BCUT2D eigenvalue weighted by Crippen LogP contribution is 2.30. The first-order chi connectivity index (χ1) is 7.72. The summed E-state index contributed by atoms with van der Waals surface area (Å²) in [6.45, 7) is 0. The van der Waals surface area contributed by atoms with Crippen LogP contribution in [0, 0.1) is 5.82 Å². The highest BCUT2D eigenvalue weighted by molar-refractivity contribution is 5.98. The second-order valence-corrected chi connectivity index (χ2v) is 3.81. The van der Waals surface area contributed by atoms with Crippen LogP contribution in [0.2, 0.25) is 0 Å². The summed E-state index contributed by atoms with van der Waals surface area (Å²) in [5.74, 6) is -0.0918. The van der Waals surface area contributed by atoms with Crippen LogP contribution >= 0.6 is 0 Å². The van der Waals surface area contributed by atoms with Crippen LogP contribution in [-0.2, 0) is 4.79 Å². The lowest BCUT2D eigenvalue weighted by Crippen LogP contribution is -2.04. The largest absolute Gasteiger partial charge is 0.494 e. The third-order valence-electron chi connectivity index (χ3n) is 2.73. The fourth-order valence-corrected chi connectivity index (χ4v) is 1.92. The van der Waals surface area contributed by atoms with E-state index in [1.165, 1.54) is 7.11 Å². The highest BCUT2D eigenvalue weighted by atomic mass is 19.1. The molecule has 0 atom stereocenters. The summed E-state index contributed by atoms with van der Waals surface area (Å²) in [6, 6.07) is 4.99. The molecule has 0 saturated heterocycles. The van der Waals surface area contributed by atoms with E-state index >= 15 is 0 Å². The van der Waals surface area contributed by atoms with Gasteiger partial charge in [-0.05, 0) is 30.6 Å². The normalized spacial score (nSPS) is 15.9. The minimum Gasteiger partial charge on any atom is -0.494 e. The van der Waals surface area contributed by atoms with Crippen molar-refractivity contribution in [3.05, 3.63) is 35.7 Å². The van der Waals surface area contributed by atoms with E-state index in [1.54, 1.807) is 24.3 Å². The molecule has 16 heavy (non-hydrogen) atoms. The maximum absolute atomic E-state index is 13.9. The molecule has 1 aliphatic rings. The first-order valence-electron chi connectivity index (χ1n) is 5.28. The predicted molar refractivity (Wildman–Crippen MR) is 59.8 cm³/mol. The van der Waals surface area contributed by atoms with Gasteiger partial charge in [0.2, 0.25) is 0 Å². The standard InChI is InChI=1S/C13H13FO2/c1-16-12-7-3-6-11(13(12)14)9-4-2-5-10(15)8-9/h3,6-8H,2,4-5H2,1H3. The van der Waals surface area contributed by atoms with Crippen molar-refractivity contribution >= 4 is 11.4 Å². The number of carbonyl (C=O) groups is 1. The van der Waals surface area contributed by atoms with E-state index in [0.29, 0.717) is 12.0 Å². The second kappa shape index (κ2) is 4.47. The number of ether oxygens (including phenoxy) is 1. The molecule has 1 aromatic carbocycles. The summed E-state index contributed by atoms with van der Waals surface area (Å²) in [6.07, 6.45) is 3.65. The molecule has 3 heteroatoms. The Morgan fingerprint density at radius 1 is 1.31 bits per heavy atom. The quantitative estimate of drug-likeness (QED) is 0.765. The molecule has 0 N–H and O–H groups in total. The monoisotopic (exact) mass is 220 g/mol. The molecule has 0 radical (unpaired) electrons. The Hall–Kier alpha value is -1.64. The molecule has 2 rings (SSSR count). The fourth-order valence-electron chi connectivity index (χ4n) is 1.92. The Kier molecular flexibility index (Phi) is 3.04. The van der Waals surface area contributed by atoms with Gasteiger partial charge in [0.15, 0.2) is 17.3 Å². The van der Waals surface area contributed by atoms with Gasteiger partial charge in [0.25, 0.3) is 0 Å². The number of hydrogen-bond donors (Lipinski definition) is 0. The fraction of sp³-hybridized carbons (Fsp3) is 0.308. The van der Waals surface area contributed by atoms with Crippen molar-refractivity contribution in [2.75, 3.05) is 7.11 Å². The van der Waals surface area contributed by atoms with E-state index < -0.39 is 0 Å². The van der Waals surface area contributed by atoms with Crippen molar-refractivity contribution < 1.29 is 13.9 Å². The Morgan fingerprint density at radius 2 is 2.12 bits per heavy atom. The number of rotatable bonds is 2. The van der Waals surface area contributed by atoms with Gasteiger partial charge in [0.1, 0.15) is 0 Å². The lowest BCUT2D eigenvalue weighted by atomic mass is 9.92. The zero-order chi connectivity index (χ0) is 11.5. The molecule has 1 aromatic rings. The van der Waals surface area contributed by atoms with Crippen LogP contribution in [0.4, 0.5) is 4.39 Å². The number of carbonyl (C=O) groups excluding carboxylic acids is 1. The summed E-state index contributed by atoms with van der Waals surface area (Å²) >= 11 is 0. The van der Waals surface area contributed by atoms with E-state index in [2.05, 4.69) is 0 Å². The molecular weight excluding hydrogens is 207 g/mol. The van der Waals surface area contributed by atoms with Gasteiger partial charge in [-0.15, -0.1) is 0 Å². The number of benzene rings is 1. The zero-order valence-electron chi connectivity index (χ0n) is 9.13. The highest BCUT2D eigenvalue weighted by Gasteiger charge is 2.16. The summed E-state index contributed by atoms with van der Waals surface area (Å²) in [5.41, 5.74) is 1.25. The summed E-state index contributed by atoms with van der Waals surface area (Å²) in [5, 5.41) is 0. The minimum absolute atomic E-state index is 0.0727. The Labute approximate surface area is 93.7 Å².